The molecule has 4 N–H and O–H groups in total. The molecule has 0 spiro atoms. The molecule has 0 aromatic carbocycles. The summed E-state index contributed by atoms with van der Waals surface area (Å²) in [7, 11) is 0. The van der Waals surface area contributed by atoms with Crippen LogP contribution in [0.15, 0.2) is 0 Å². The number of aryl methyl sites for hydroxylation is 1. The largest absolute Gasteiger partial charge is 0.365 e. The maximum atomic E-state index is 12.4. The lowest BCUT2D eigenvalue weighted by Crippen LogP contribution is -2.38. The van der Waals surface area contributed by atoms with Crippen LogP contribution in [0.3, 0.4) is 0 Å². The van der Waals surface area contributed by atoms with Crippen LogP contribution in [-0.4, -0.2) is 41.2 Å². The number of hydrogen-bond donors (Lipinski definition) is 3. The van der Waals surface area contributed by atoms with Gasteiger partial charge in [-0.1, -0.05) is 13.8 Å². The van der Waals surface area contributed by atoms with Gasteiger partial charge in [-0.25, -0.2) is 4.79 Å². The average molecular weight is 378 g/mol. The van der Waals surface area contributed by atoms with Gasteiger partial charge in [0.15, 0.2) is 0 Å². The maximum Gasteiger partial charge on any atom is 0.325 e. The minimum Gasteiger partial charge on any atom is -0.365 e. The van der Waals surface area contributed by atoms with Gasteiger partial charge in [-0.15, -0.1) is 11.3 Å². The number of hydrogen-bond acceptors (Lipinski definition) is 5. The van der Waals surface area contributed by atoms with Crippen LogP contribution >= 0.6 is 11.3 Å². The zero-order valence-corrected chi connectivity index (χ0v) is 15.6. The Hall–Kier alpha value is -2.42. The van der Waals surface area contributed by atoms with E-state index in [0.717, 1.165) is 34.6 Å². The summed E-state index contributed by atoms with van der Waals surface area (Å²) in [6, 6.07) is -1.17. The molecule has 140 valence electrons. The highest BCUT2D eigenvalue weighted by Crippen LogP contribution is 2.38. The molecule has 2 aliphatic rings. The van der Waals surface area contributed by atoms with Crippen molar-refractivity contribution in [3.8, 4) is 0 Å². The number of rotatable bonds is 6. The molecule has 0 radical (unpaired) electrons. The predicted octanol–water partition coefficient (Wildman–Crippen LogP) is 1.24. The standard InChI is InChI=1S/C17H22N4O4S/c1-8(2)6-10-16(24)21(17(25)19-10)7-12(22)20-15-13(14(18)23)9-4-3-5-11(9)26-15/h8,10H,3-7H2,1-2H3,(H2,18,23)(H,19,25)(H,20,22)/t10-/m1/s1. The molecule has 0 saturated carbocycles. The summed E-state index contributed by atoms with van der Waals surface area (Å²) in [5.41, 5.74) is 6.73. The van der Waals surface area contributed by atoms with Crippen molar-refractivity contribution < 1.29 is 19.2 Å². The molecule has 1 aliphatic carbocycles. The number of carbonyl (C=O) groups is 4. The Morgan fingerprint density at radius 3 is 2.73 bits per heavy atom. The monoisotopic (exact) mass is 378 g/mol. The number of nitrogens with one attached hydrogen (secondary N) is 2. The molecule has 1 saturated heterocycles. The molecule has 0 unspecified atom stereocenters. The van der Waals surface area contributed by atoms with Crippen molar-refractivity contribution in [2.45, 2.75) is 45.6 Å². The van der Waals surface area contributed by atoms with Crippen LogP contribution in [0.5, 0.6) is 0 Å². The van der Waals surface area contributed by atoms with Crippen molar-refractivity contribution in [1.82, 2.24) is 10.2 Å². The maximum absolute atomic E-state index is 12.4. The highest BCUT2D eigenvalue weighted by Gasteiger charge is 2.39. The van der Waals surface area contributed by atoms with E-state index in [1.165, 1.54) is 11.3 Å². The summed E-state index contributed by atoms with van der Waals surface area (Å²) in [6.45, 7) is 3.52. The summed E-state index contributed by atoms with van der Waals surface area (Å²) < 4.78 is 0. The number of fused-ring (bicyclic) bond motifs is 1. The number of urea groups is 1. The van der Waals surface area contributed by atoms with Crippen molar-refractivity contribution in [3.63, 3.8) is 0 Å². The zero-order chi connectivity index (χ0) is 19.0. The van der Waals surface area contributed by atoms with E-state index in [2.05, 4.69) is 10.6 Å². The highest BCUT2D eigenvalue weighted by atomic mass is 32.1. The van der Waals surface area contributed by atoms with E-state index >= 15 is 0 Å². The predicted molar refractivity (Wildman–Crippen MR) is 97.0 cm³/mol. The zero-order valence-electron chi connectivity index (χ0n) is 14.8. The third-order valence-electron chi connectivity index (χ3n) is 4.54. The number of carbonyl (C=O) groups excluding carboxylic acids is 4. The quantitative estimate of drug-likeness (QED) is 0.645. The molecule has 0 bridgehead atoms. The van der Waals surface area contributed by atoms with Gasteiger partial charge < -0.3 is 16.4 Å². The van der Waals surface area contributed by atoms with E-state index in [-0.39, 0.29) is 12.5 Å². The first-order valence-corrected chi connectivity index (χ1v) is 9.45. The fourth-order valence-electron chi connectivity index (χ4n) is 3.42. The smallest absolute Gasteiger partial charge is 0.325 e. The number of anilines is 1. The number of primary amides is 1. The van der Waals surface area contributed by atoms with Crippen LogP contribution in [0.2, 0.25) is 0 Å². The van der Waals surface area contributed by atoms with Crippen molar-refractivity contribution >= 4 is 40.1 Å². The van der Waals surface area contributed by atoms with Gasteiger partial charge in [0.25, 0.3) is 11.8 Å². The first kappa shape index (κ1) is 18.4. The molecule has 3 rings (SSSR count). The van der Waals surface area contributed by atoms with E-state index < -0.39 is 29.8 Å². The second-order valence-electron chi connectivity index (χ2n) is 7.03. The highest BCUT2D eigenvalue weighted by molar-refractivity contribution is 7.17. The lowest BCUT2D eigenvalue weighted by molar-refractivity contribution is -0.131. The normalized spacial score (nSPS) is 19.0. The van der Waals surface area contributed by atoms with Gasteiger partial charge in [0.1, 0.15) is 17.6 Å². The second kappa shape index (κ2) is 7.06. The van der Waals surface area contributed by atoms with Gasteiger partial charge >= 0.3 is 6.03 Å². The third kappa shape index (κ3) is 3.44. The van der Waals surface area contributed by atoms with Crippen LogP contribution in [0.4, 0.5) is 9.80 Å². The van der Waals surface area contributed by atoms with Crippen molar-refractivity contribution in [1.29, 1.82) is 0 Å². The fourth-order valence-corrected chi connectivity index (χ4v) is 4.73. The van der Waals surface area contributed by atoms with Crippen LogP contribution in [0, 0.1) is 5.92 Å². The molecule has 1 fully saturated rings. The Bertz CT molecular complexity index is 786. The van der Waals surface area contributed by atoms with Gasteiger partial charge in [-0.05, 0) is 37.2 Å². The Kier molecular flexibility index (Phi) is 4.99. The molecule has 8 nitrogen and oxygen atoms in total. The molecule has 26 heavy (non-hydrogen) atoms. The third-order valence-corrected chi connectivity index (χ3v) is 5.74. The average Bonchev–Trinajstić information content (AvgIpc) is 3.16. The van der Waals surface area contributed by atoms with E-state index in [4.69, 9.17) is 5.73 Å². The Labute approximate surface area is 155 Å². The minimum absolute atomic E-state index is 0.240. The molecule has 5 amide bonds. The fraction of sp³-hybridized carbons (Fsp3) is 0.529. The molecule has 1 aliphatic heterocycles. The number of thiophene rings is 1. The van der Waals surface area contributed by atoms with Gasteiger partial charge in [-0.2, -0.15) is 0 Å². The molecule has 1 atom stereocenters. The molecule has 1 aromatic rings. The van der Waals surface area contributed by atoms with Crippen molar-refractivity contribution in [2.24, 2.45) is 11.7 Å². The van der Waals surface area contributed by atoms with Gasteiger partial charge in [0.2, 0.25) is 5.91 Å². The summed E-state index contributed by atoms with van der Waals surface area (Å²) in [6.07, 6.45) is 3.12. The molecule has 2 heterocycles. The van der Waals surface area contributed by atoms with E-state index in [9.17, 15) is 19.2 Å². The lowest BCUT2D eigenvalue weighted by atomic mass is 10.0. The first-order chi connectivity index (χ1) is 12.3. The van der Waals surface area contributed by atoms with Crippen LogP contribution in [-0.2, 0) is 22.4 Å². The van der Waals surface area contributed by atoms with Crippen molar-refractivity contribution in [2.75, 3.05) is 11.9 Å². The van der Waals surface area contributed by atoms with Crippen molar-refractivity contribution in [3.05, 3.63) is 16.0 Å². The van der Waals surface area contributed by atoms with Crippen LogP contribution in [0.1, 0.15) is 47.5 Å². The summed E-state index contributed by atoms with van der Waals surface area (Å²) in [4.78, 5) is 50.4. The van der Waals surface area contributed by atoms with Gasteiger partial charge in [-0.3, -0.25) is 19.3 Å². The Balaban J connectivity index is 1.69. The second-order valence-corrected chi connectivity index (χ2v) is 8.14. The summed E-state index contributed by atoms with van der Waals surface area (Å²) >= 11 is 1.34. The Morgan fingerprint density at radius 1 is 1.35 bits per heavy atom. The van der Waals surface area contributed by atoms with E-state index in [1.54, 1.807) is 0 Å². The minimum atomic E-state index is -0.595. The first-order valence-electron chi connectivity index (χ1n) is 8.64. The Morgan fingerprint density at radius 2 is 2.08 bits per heavy atom. The molecule has 1 aromatic heterocycles. The number of amides is 5. The number of imide groups is 1. The number of nitrogens with zero attached hydrogens (tertiary/aromatic N) is 1. The van der Waals surface area contributed by atoms with Crippen LogP contribution < -0.4 is 16.4 Å². The topological polar surface area (TPSA) is 122 Å². The van der Waals surface area contributed by atoms with E-state index in [1.807, 2.05) is 13.8 Å². The van der Waals surface area contributed by atoms with Gasteiger partial charge in [0.05, 0.1) is 5.56 Å². The molecular weight excluding hydrogens is 356 g/mol. The summed E-state index contributed by atoms with van der Waals surface area (Å²) in [5.74, 6) is -1.26. The number of nitrogens with two attached hydrogens (primary N) is 1. The lowest BCUT2D eigenvalue weighted by Gasteiger charge is -2.13. The SMILES string of the molecule is CC(C)C[C@H]1NC(=O)N(CC(=O)Nc2sc3c(c2C(N)=O)CCC3)C1=O. The van der Waals surface area contributed by atoms with Crippen LogP contribution in [0.25, 0.3) is 0 Å². The summed E-state index contributed by atoms with van der Waals surface area (Å²) in [5, 5.41) is 5.65. The molecular formula is C17H22N4O4S. The van der Waals surface area contributed by atoms with Gasteiger partial charge in [0, 0.05) is 4.88 Å². The molecule has 9 heteroatoms. The van der Waals surface area contributed by atoms with E-state index in [0.29, 0.717) is 17.0 Å².